The maximum absolute atomic E-state index is 13.2. The summed E-state index contributed by atoms with van der Waals surface area (Å²) in [6.07, 6.45) is 5.12. The number of aromatic nitrogens is 2. The van der Waals surface area contributed by atoms with E-state index in [1.165, 1.54) is 4.90 Å². The minimum Gasteiger partial charge on any atom is -0.274 e. The van der Waals surface area contributed by atoms with Gasteiger partial charge in [-0.05, 0) is 44.2 Å². The fourth-order valence-corrected chi connectivity index (χ4v) is 5.64. The lowest BCUT2D eigenvalue weighted by Crippen LogP contribution is -2.33. The second kappa shape index (κ2) is 6.19. The summed E-state index contributed by atoms with van der Waals surface area (Å²) in [6, 6.07) is 5.36. The van der Waals surface area contributed by atoms with E-state index in [2.05, 4.69) is 17.3 Å². The highest BCUT2D eigenvalue weighted by molar-refractivity contribution is 6.36. The van der Waals surface area contributed by atoms with Gasteiger partial charge in [-0.25, -0.2) is 4.90 Å². The number of amides is 2. The van der Waals surface area contributed by atoms with Crippen LogP contribution in [-0.2, 0) is 16.1 Å². The number of hydrogen-bond acceptors (Lipinski definition) is 3. The van der Waals surface area contributed by atoms with Crippen LogP contribution in [0.1, 0.15) is 23.4 Å². The van der Waals surface area contributed by atoms with Crippen molar-refractivity contribution in [3.05, 3.63) is 57.3 Å². The predicted molar refractivity (Wildman–Crippen MR) is 107 cm³/mol. The van der Waals surface area contributed by atoms with E-state index in [0.717, 1.165) is 17.7 Å². The van der Waals surface area contributed by atoms with Gasteiger partial charge in [0.2, 0.25) is 11.8 Å². The molecule has 2 amide bonds. The van der Waals surface area contributed by atoms with Gasteiger partial charge in [-0.1, -0.05) is 41.4 Å². The Balaban J connectivity index is 1.52. The molecule has 2 heterocycles. The number of imide groups is 1. The average Bonchev–Trinajstić information content (AvgIpc) is 3.38. The number of benzene rings is 1. The first-order valence-electron chi connectivity index (χ1n) is 9.41. The molecular weight excluding hydrogens is 397 g/mol. The van der Waals surface area contributed by atoms with Gasteiger partial charge < -0.3 is 0 Å². The predicted octanol–water partition coefficient (Wildman–Crippen LogP) is 4.17. The first-order chi connectivity index (χ1) is 13.4. The summed E-state index contributed by atoms with van der Waals surface area (Å²) in [5.74, 6) is -0.241. The number of rotatable bonds is 3. The molecule has 1 aromatic carbocycles. The van der Waals surface area contributed by atoms with Crippen molar-refractivity contribution in [1.29, 1.82) is 0 Å². The maximum atomic E-state index is 13.2. The van der Waals surface area contributed by atoms with Gasteiger partial charge in [0.1, 0.15) is 0 Å². The molecule has 28 heavy (non-hydrogen) atoms. The van der Waals surface area contributed by atoms with Crippen molar-refractivity contribution in [2.45, 2.75) is 26.8 Å². The van der Waals surface area contributed by atoms with E-state index in [4.69, 9.17) is 23.2 Å². The Bertz CT molecular complexity index is 1010. The fraction of sp³-hybridized carbons (Fsp3) is 0.381. The highest BCUT2D eigenvalue weighted by Gasteiger charge is 2.60. The molecule has 2 bridgehead atoms. The molecule has 1 saturated carbocycles. The summed E-state index contributed by atoms with van der Waals surface area (Å²) in [4.78, 5) is 27.7. The van der Waals surface area contributed by atoms with Crippen molar-refractivity contribution in [2.75, 3.05) is 4.90 Å². The highest BCUT2D eigenvalue weighted by Crippen LogP contribution is 2.53. The van der Waals surface area contributed by atoms with Gasteiger partial charge in [-0.15, -0.1) is 0 Å². The summed E-state index contributed by atoms with van der Waals surface area (Å²) < 4.78 is 1.76. The smallest absolute Gasteiger partial charge is 0.238 e. The van der Waals surface area contributed by atoms with Crippen molar-refractivity contribution >= 4 is 40.7 Å². The monoisotopic (exact) mass is 415 g/mol. The minimum atomic E-state index is -0.220. The molecule has 2 aliphatic carbocycles. The van der Waals surface area contributed by atoms with Crippen LogP contribution < -0.4 is 4.90 Å². The van der Waals surface area contributed by atoms with Gasteiger partial charge in [-0.2, -0.15) is 5.10 Å². The molecule has 0 radical (unpaired) electrons. The first kappa shape index (κ1) is 18.0. The van der Waals surface area contributed by atoms with E-state index in [9.17, 15) is 9.59 Å². The lowest BCUT2D eigenvalue weighted by molar-refractivity contribution is -0.123. The van der Waals surface area contributed by atoms with Gasteiger partial charge >= 0.3 is 0 Å². The molecule has 0 unspecified atom stereocenters. The second-order valence-corrected chi connectivity index (χ2v) is 8.70. The maximum Gasteiger partial charge on any atom is 0.238 e. The molecule has 0 spiro atoms. The molecule has 2 aromatic rings. The van der Waals surface area contributed by atoms with E-state index >= 15 is 0 Å². The Hall–Kier alpha value is -2.11. The average molecular weight is 416 g/mol. The molecule has 1 aliphatic heterocycles. The quantitative estimate of drug-likeness (QED) is 0.558. The Morgan fingerprint density at radius 1 is 1.04 bits per heavy atom. The zero-order valence-electron chi connectivity index (χ0n) is 15.5. The number of hydrogen-bond donors (Lipinski definition) is 0. The number of carbonyl (C=O) groups is 2. The number of carbonyl (C=O) groups excluding carboxylic acids is 2. The number of halogens is 2. The molecule has 2 fully saturated rings. The number of nitrogens with zero attached hydrogens (tertiary/aromatic N) is 3. The van der Waals surface area contributed by atoms with E-state index < -0.39 is 0 Å². The van der Waals surface area contributed by atoms with Gasteiger partial charge in [0, 0.05) is 15.6 Å². The molecule has 7 heteroatoms. The third-order valence-electron chi connectivity index (χ3n) is 6.41. The summed E-state index contributed by atoms with van der Waals surface area (Å²) in [5, 5.41) is 5.71. The summed E-state index contributed by atoms with van der Waals surface area (Å²) in [5.41, 5.74) is 2.78. The van der Waals surface area contributed by atoms with Gasteiger partial charge in [0.25, 0.3) is 0 Å². The fourth-order valence-electron chi connectivity index (χ4n) is 5.12. The summed E-state index contributed by atoms with van der Waals surface area (Å²) in [7, 11) is 0. The van der Waals surface area contributed by atoms with Gasteiger partial charge in [0.05, 0.1) is 35.5 Å². The molecule has 5 nitrogen and oxygen atoms in total. The molecule has 5 rings (SSSR count). The number of fused-ring (bicyclic) bond motifs is 5. The minimum absolute atomic E-state index is 0.0895. The zero-order valence-corrected chi connectivity index (χ0v) is 17.0. The molecule has 144 valence electrons. The molecule has 1 saturated heterocycles. The van der Waals surface area contributed by atoms with Crippen LogP contribution in [0.4, 0.5) is 5.69 Å². The van der Waals surface area contributed by atoms with Gasteiger partial charge in [0.15, 0.2) is 0 Å². The first-order valence-corrected chi connectivity index (χ1v) is 10.2. The highest BCUT2D eigenvalue weighted by atomic mass is 35.5. The van der Waals surface area contributed by atoms with Crippen LogP contribution in [0.2, 0.25) is 10.0 Å². The third kappa shape index (κ3) is 2.36. The van der Waals surface area contributed by atoms with E-state index in [1.807, 2.05) is 13.8 Å². The molecule has 1 aromatic heterocycles. The third-order valence-corrected chi connectivity index (χ3v) is 7.12. The largest absolute Gasteiger partial charge is 0.274 e. The van der Waals surface area contributed by atoms with Crippen molar-refractivity contribution < 1.29 is 9.59 Å². The molecule has 4 atom stereocenters. The number of aryl methyl sites for hydroxylation is 1. The summed E-state index contributed by atoms with van der Waals surface area (Å²) >= 11 is 12.6. The Labute approximate surface area is 172 Å². The van der Waals surface area contributed by atoms with Crippen LogP contribution in [0, 0.1) is 37.5 Å². The van der Waals surface area contributed by atoms with Gasteiger partial charge in [-0.3, -0.25) is 14.3 Å². The van der Waals surface area contributed by atoms with Crippen molar-refractivity contribution in [3.8, 4) is 0 Å². The Morgan fingerprint density at radius 3 is 2.18 bits per heavy atom. The van der Waals surface area contributed by atoms with Crippen LogP contribution in [0.25, 0.3) is 0 Å². The van der Waals surface area contributed by atoms with Crippen LogP contribution in [0.15, 0.2) is 30.4 Å². The number of allylic oxidation sites excluding steroid dienone is 2. The lowest BCUT2D eigenvalue weighted by atomic mass is 9.85. The lowest BCUT2D eigenvalue weighted by Gasteiger charge is -2.18. The van der Waals surface area contributed by atoms with Crippen molar-refractivity contribution in [3.63, 3.8) is 0 Å². The normalized spacial score (nSPS) is 27.9. The Kier molecular flexibility index (Phi) is 3.97. The van der Waals surface area contributed by atoms with E-state index in [1.54, 1.807) is 22.9 Å². The van der Waals surface area contributed by atoms with Crippen LogP contribution in [0.5, 0.6) is 0 Å². The summed E-state index contributed by atoms with van der Waals surface area (Å²) in [6.45, 7) is 4.08. The molecule has 3 aliphatic rings. The van der Waals surface area contributed by atoms with E-state index in [0.29, 0.717) is 28.0 Å². The standard InChI is InChI=1S/C21H19Cl2N3O2/c1-10-19(11(2)25(24-10)9-14-15(22)4-3-5-16(14)23)26-20(27)17-12-6-7-13(8-12)18(17)21(26)28/h3-7,12-13,17-18H,8-9H2,1-2H3/t12-,13-,17-,18-/m0/s1. The van der Waals surface area contributed by atoms with Crippen molar-refractivity contribution in [1.82, 2.24) is 9.78 Å². The van der Waals surface area contributed by atoms with Crippen molar-refractivity contribution in [2.24, 2.45) is 23.7 Å². The van der Waals surface area contributed by atoms with Crippen LogP contribution in [-0.4, -0.2) is 21.6 Å². The van der Waals surface area contributed by atoms with Crippen LogP contribution >= 0.6 is 23.2 Å². The second-order valence-electron chi connectivity index (χ2n) is 7.89. The SMILES string of the molecule is Cc1nn(Cc2c(Cl)cccc2Cl)c(C)c1N1C(=O)[C@@H]2[C@@H](C1=O)[C@H]1C=C[C@H]2C1. The topological polar surface area (TPSA) is 55.2 Å². The zero-order chi connectivity index (χ0) is 19.7. The Morgan fingerprint density at radius 2 is 1.61 bits per heavy atom. The van der Waals surface area contributed by atoms with E-state index in [-0.39, 0.29) is 35.5 Å². The van der Waals surface area contributed by atoms with Crippen LogP contribution in [0.3, 0.4) is 0 Å². The molecule has 0 N–H and O–H groups in total. The number of anilines is 1. The molecular formula is C21H19Cl2N3O2.